The number of pyridine rings is 1. The van der Waals surface area contributed by atoms with E-state index in [1.165, 1.54) is 17.7 Å². The highest BCUT2D eigenvalue weighted by atomic mass is 16.6. The van der Waals surface area contributed by atoms with Crippen LogP contribution in [0, 0.1) is 17.0 Å². The number of nitrogens with zero attached hydrogens (tertiary/aromatic N) is 3. The molecule has 0 aliphatic carbocycles. The summed E-state index contributed by atoms with van der Waals surface area (Å²) < 4.78 is 0. The molecule has 1 aliphatic heterocycles. The van der Waals surface area contributed by atoms with Crippen molar-refractivity contribution in [3.05, 3.63) is 75.8 Å². The molecule has 1 aromatic heterocycles. The number of nitro groups is 1. The molecule has 1 saturated heterocycles. The van der Waals surface area contributed by atoms with Gasteiger partial charge < -0.3 is 10.2 Å². The van der Waals surface area contributed by atoms with Crippen LogP contribution in [0.4, 0.5) is 11.5 Å². The first-order valence-electron chi connectivity index (χ1n) is 9.16. The second-order valence-electron chi connectivity index (χ2n) is 7.06. The number of aryl methyl sites for hydroxylation is 1. The Morgan fingerprint density at radius 3 is 2.71 bits per heavy atom. The van der Waals surface area contributed by atoms with Gasteiger partial charge in [-0.15, -0.1) is 0 Å². The van der Waals surface area contributed by atoms with Crippen LogP contribution in [0.2, 0.25) is 0 Å². The number of hydrogen-bond acceptors (Lipinski definition) is 5. The topological polar surface area (TPSA) is 88.4 Å². The Bertz CT molecular complexity index is 1050. The SMILES string of the molecule is Cc1ccc(CN2CCC(Nc3ccc4cc([N+](=O)[O-])ccc4n3)C2=O)cc1. The number of amides is 1. The number of nitrogens with one attached hydrogen (secondary N) is 1. The standard InChI is InChI=1S/C21H20N4O3/c1-14-2-4-15(5-3-14)13-24-11-10-19(21(24)26)23-20-9-6-16-12-17(25(27)28)7-8-18(16)22-20/h2-9,12,19H,10-11,13H2,1H3,(H,22,23). The van der Waals surface area contributed by atoms with Crippen LogP contribution >= 0.6 is 0 Å². The third kappa shape index (κ3) is 3.64. The number of nitro benzene ring substituents is 1. The van der Waals surface area contributed by atoms with Gasteiger partial charge in [-0.05, 0) is 37.1 Å². The maximum atomic E-state index is 12.7. The van der Waals surface area contributed by atoms with Crippen molar-refractivity contribution in [2.45, 2.75) is 25.9 Å². The lowest BCUT2D eigenvalue weighted by molar-refractivity contribution is -0.384. The van der Waals surface area contributed by atoms with E-state index >= 15 is 0 Å². The molecule has 1 N–H and O–H groups in total. The second kappa shape index (κ2) is 7.26. The van der Waals surface area contributed by atoms with Crippen molar-refractivity contribution in [2.24, 2.45) is 0 Å². The van der Waals surface area contributed by atoms with Gasteiger partial charge in [0.1, 0.15) is 11.9 Å². The van der Waals surface area contributed by atoms with Gasteiger partial charge in [-0.1, -0.05) is 29.8 Å². The van der Waals surface area contributed by atoms with Crippen molar-refractivity contribution in [1.82, 2.24) is 9.88 Å². The zero-order valence-corrected chi connectivity index (χ0v) is 15.5. The minimum Gasteiger partial charge on any atom is -0.358 e. The van der Waals surface area contributed by atoms with Gasteiger partial charge in [0.25, 0.3) is 5.69 Å². The van der Waals surface area contributed by atoms with Gasteiger partial charge in [0.05, 0.1) is 10.4 Å². The van der Waals surface area contributed by atoms with Crippen LogP contribution in [0.1, 0.15) is 17.5 Å². The number of carbonyl (C=O) groups excluding carboxylic acids is 1. The average Bonchev–Trinajstić information content (AvgIpc) is 3.02. The first-order valence-corrected chi connectivity index (χ1v) is 9.16. The number of likely N-dealkylation sites (tertiary alicyclic amines) is 1. The van der Waals surface area contributed by atoms with E-state index in [0.717, 1.165) is 5.56 Å². The maximum absolute atomic E-state index is 12.7. The molecule has 7 nitrogen and oxygen atoms in total. The quantitative estimate of drug-likeness (QED) is 0.542. The Balaban J connectivity index is 1.45. The second-order valence-corrected chi connectivity index (χ2v) is 7.06. The molecule has 1 fully saturated rings. The van der Waals surface area contributed by atoms with E-state index in [1.807, 2.05) is 24.0 Å². The number of rotatable bonds is 5. The summed E-state index contributed by atoms with van der Waals surface area (Å²) in [5.41, 5.74) is 3.00. The molecule has 0 saturated carbocycles. The summed E-state index contributed by atoms with van der Waals surface area (Å²) in [7, 11) is 0. The largest absolute Gasteiger partial charge is 0.358 e. The summed E-state index contributed by atoms with van der Waals surface area (Å²) in [6.07, 6.45) is 0.713. The first-order chi connectivity index (χ1) is 13.5. The van der Waals surface area contributed by atoms with Crippen LogP contribution in [0.15, 0.2) is 54.6 Å². The molecule has 0 radical (unpaired) electrons. The number of non-ortho nitro benzene ring substituents is 1. The van der Waals surface area contributed by atoms with Gasteiger partial charge in [-0.2, -0.15) is 0 Å². The van der Waals surface area contributed by atoms with Gasteiger partial charge in [0.15, 0.2) is 0 Å². The Kier molecular flexibility index (Phi) is 4.65. The molecule has 0 spiro atoms. The minimum absolute atomic E-state index is 0.0349. The lowest BCUT2D eigenvalue weighted by atomic mass is 10.1. The van der Waals surface area contributed by atoms with Crippen LogP contribution in [-0.2, 0) is 11.3 Å². The molecule has 3 aromatic rings. The van der Waals surface area contributed by atoms with Crippen molar-refractivity contribution < 1.29 is 9.72 Å². The average molecular weight is 376 g/mol. The van der Waals surface area contributed by atoms with E-state index in [1.54, 1.807) is 18.2 Å². The molecule has 1 unspecified atom stereocenters. The number of hydrogen-bond donors (Lipinski definition) is 1. The van der Waals surface area contributed by atoms with Crippen molar-refractivity contribution in [2.75, 3.05) is 11.9 Å². The smallest absolute Gasteiger partial charge is 0.270 e. The fourth-order valence-corrected chi connectivity index (χ4v) is 3.43. The van der Waals surface area contributed by atoms with Gasteiger partial charge in [0.2, 0.25) is 5.91 Å². The summed E-state index contributed by atoms with van der Waals surface area (Å²) in [4.78, 5) is 29.5. The Labute approximate surface area is 162 Å². The Morgan fingerprint density at radius 2 is 1.96 bits per heavy atom. The van der Waals surface area contributed by atoms with E-state index in [0.29, 0.717) is 36.2 Å². The van der Waals surface area contributed by atoms with Gasteiger partial charge in [-0.3, -0.25) is 14.9 Å². The summed E-state index contributed by atoms with van der Waals surface area (Å²) in [5, 5.41) is 14.8. The first kappa shape index (κ1) is 17.9. The highest BCUT2D eigenvalue weighted by Gasteiger charge is 2.31. The zero-order chi connectivity index (χ0) is 19.7. The van der Waals surface area contributed by atoms with E-state index in [-0.39, 0.29) is 17.6 Å². The van der Waals surface area contributed by atoms with E-state index in [2.05, 4.69) is 22.4 Å². The van der Waals surface area contributed by atoms with Crippen LogP contribution in [0.3, 0.4) is 0 Å². The zero-order valence-electron chi connectivity index (χ0n) is 15.5. The van der Waals surface area contributed by atoms with Crippen LogP contribution in [-0.4, -0.2) is 33.3 Å². The summed E-state index contributed by atoms with van der Waals surface area (Å²) in [6, 6.07) is 16.0. The fraction of sp³-hybridized carbons (Fsp3) is 0.238. The molecule has 2 aromatic carbocycles. The molecule has 28 heavy (non-hydrogen) atoms. The van der Waals surface area contributed by atoms with Crippen molar-refractivity contribution >= 4 is 28.3 Å². The highest BCUT2D eigenvalue weighted by molar-refractivity contribution is 5.87. The lowest BCUT2D eigenvalue weighted by Crippen LogP contribution is -2.33. The van der Waals surface area contributed by atoms with Crippen LogP contribution in [0.25, 0.3) is 10.9 Å². The maximum Gasteiger partial charge on any atom is 0.270 e. The van der Waals surface area contributed by atoms with Crippen LogP contribution < -0.4 is 5.32 Å². The monoisotopic (exact) mass is 376 g/mol. The van der Waals surface area contributed by atoms with Gasteiger partial charge in [-0.25, -0.2) is 4.98 Å². The molecule has 0 bridgehead atoms. The third-order valence-electron chi connectivity index (χ3n) is 5.00. The normalized spacial score (nSPS) is 16.5. The van der Waals surface area contributed by atoms with E-state index in [4.69, 9.17) is 0 Å². The number of carbonyl (C=O) groups is 1. The lowest BCUT2D eigenvalue weighted by Gasteiger charge is -2.17. The van der Waals surface area contributed by atoms with Gasteiger partial charge in [0, 0.05) is 30.6 Å². The van der Waals surface area contributed by atoms with Gasteiger partial charge >= 0.3 is 0 Å². The number of aromatic nitrogens is 1. The molecule has 7 heteroatoms. The van der Waals surface area contributed by atoms with Crippen LogP contribution in [0.5, 0.6) is 0 Å². The molecule has 1 aliphatic rings. The predicted molar refractivity (Wildman–Crippen MR) is 107 cm³/mol. The Hall–Kier alpha value is -3.48. The van der Waals surface area contributed by atoms with Crippen molar-refractivity contribution in [1.29, 1.82) is 0 Å². The summed E-state index contributed by atoms with van der Waals surface area (Å²) >= 11 is 0. The molecule has 2 heterocycles. The third-order valence-corrected chi connectivity index (χ3v) is 5.00. The molecule has 142 valence electrons. The molecule has 1 amide bonds. The van der Waals surface area contributed by atoms with Crippen molar-refractivity contribution in [3.8, 4) is 0 Å². The van der Waals surface area contributed by atoms with E-state index in [9.17, 15) is 14.9 Å². The summed E-state index contributed by atoms with van der Waals surface area (Å²) in [6.45, 7) is 3.34. The summed E-state index contributed by atoms with van der Waals surface area (Å²) in [5.74, 6) is 0.656. The highest BCUT2D eigenvalue weighted by Crippen LogP contribution is 2.23. The van der Waals surface area contributed by atoms with Crippen molar-refractivity contribution in [3.63, 3.8) is 0 Å². The number of anilines is 1. The molecular formula is C21H20N4O3. The minimum atomic E-state index is -0.425. The predicted octanol–water partition coefficient (Wildman–Crippen LogP) is 3.66. The Morgan fingerprint density at radius 1 is 1.18 bits per heavy atom. The fourth-order valence-electron chi connectivity index (χ4n) is 3.43. The molecule has 1 atom stereocenters. The number of benzene rings is 2. The molecular weight excluding hydrogens is 356 g/mol. The van der Waals surface area contributed by atoms with E-state index < -0.39 is 4.92 Å². The molecule has 4 rings (SSSR count). The number of fused-ring (bicyclic) bond motifs is 1.